The number of hydrogen-bond donors (Lipinski definition) is 1. The highest BCUT2D eigenvalue weighted by molar-refractivity contribution is 4.81. The summed E-state index contributed by atoms with van der Waals surface area (Å²) in [5.41, 5.74) is 0. The van der Waals surface area contributed by atoms with Crippen molar-refractivity contribution in [1.29, 1.82) is 0 Å². The Morgan fingerprint density at radius 1 is 1.28 bits per heavy atom. The van der Waals surface area contributed by atoms with Gasteiger partial charge in [0, 0.05) is 25.7 Å². The van der Waals surface area contributed by atoms with E-state index < -0.39 is 0 Å². The molecule has 1 aliphatic heterocycles. The molecule has 1 unspecified atom stereocenters. The first-order chi connectivity index (χ1) is 8.75. The Kier molecular flexibility index (Phi) is 5.93. The molecule has 2 fully saturated rings. The van der Waals surface area contributed by atoms with Gasteiger partial charge in [-0.15, -0.1) is 0 Å². The summed E-state index contributed by atoms with van der Waals surface area (Å²) < 4.78 is 5.87. The van der Waals surface area contributed by atoms with Gasteiger partial charge in [0.15, 0.2) is 0 Å². The maximum Gasteiger partial charge on any atom is 0.0826 e. The van der Waals surface area contributed by atoms with Gasteiger partial charge in [-0.3, -0.25) is 4.90 Å². The molecule has 2 rings (SSSR count). The van der Waals surface area contributed by atoms with Gasteiger partial charge in [-0.2, -0.15) is 0 Å². The number of morpholine rings is 1. The average molecular weight is 254 g/mol. The Morgan fingerprint density at radius 3 is 2.67 bits per heavy atom. The molecule has 0 spiro atoms. The third-order valence-electron chi connectivity index (χ3n) is 4.28. The molecule has 1 atom stereocenters. The molecule has 0 bridgehead atoms. The Bertz CT molecular complexity index is 221. The van der Waals surface area contributed by atoms with E-state index in [9.17, 15) is 0 Å². The zero-order valence-electron chi connectivity index (χ0n) is 12.2. The number of ether oxygens (including phenoxy) is 1. The van der Waals surface area contributed by atoms with Gasteiger partial charge in [0.05, 0.1) is 12.7 Å². The van der Waals surface area contributed by atoms with Crippen molar-refractivity contribution in [2.45, 2.75) is 58.1 Å². The molecule has 3 nitrogen and oxygen atoms in total. The second-order valence-corrected chi connectivity index (χ2v) is 6.31. The van der Waals surface area contributed by atoms with E-state index in [0.717, 1.165) is 38.2 Å². The fourth-order valence-electron chi connectivity index (χ4n) is 3.11. The summed E-state index contributed by atoms with van der Waals surface area (Å²) in [5, 5.41) is 3.44. The zero-order valence-corrected chi connectivity index (χ0v) is 12.2. The molecule has 0 radical (unpaired) electrons. The second-order valence-electron chi connectivity index (χ2n) is 6.31. The minimum Gasteiger partial charge on any atom is -0.374 e. The van der Waals surface area contributed by atoms with E-state index >= 15 is 0 Å². The molecule has 18 heavy (non-hydrogen) atoms. The van der Waals surface area contributed by atoms with Gasteiger partial charge in [-0.1, -0.05) is 26.7 Å². The third-order valence-corrected chi connectivity index (χ3v) is 4.28. The van der Waals surface area contributed by atoms with Crippen molar-refractivity contribution in [3.63, 3.8) is 0 Å². The van der Waals surface area contributed by atoms with Gasteiger partial charge in [-0.25, -0.2) is 0 Å². The molecule has 1 saturated heterocycles. The van der Waals surface area contributed by atoms with Crippen LogP contribution in [0.25, 0.3) is 0 Å². The molecule has 1 aliphatic carbocycles. The van der Waals surface area contributed by atoms with Crippen LogP contribution < -0.4 is 5.32 Å². The minimum absolute atomic E-state index is 0.409. The smallest absolute Gasteiger partial charge is 0.0826 e. The summed E-state index contributed by atoms with van der Waals surface area (Å²) in [4.78, 5) is 2.71. The summed E-state index contributed by atoms with van der Waals surface area (Å²) in [6.07, 6.45) is 7.37. The van der Waals surface area contributed by atoms with Crippen molar-refractivity contribution in [2.75, 3.05) is 32.8 Å². The fourth-order valence-corrected chi connectivity index (χ4v) is 3.11. The van der Waals surface area contributed by atoms with E-state index in [1.807, 2.05) is 0 Å². The van der Waals surface area contributed by atoms with E-state index in [1.54, 1.807) is 0 Å². The Hall–Kier alpha value is -0.120. The van der Waals surface area contributed by atoms with Gasteiger partial charge in [0.2, 0.25) is 0 Å². The lowest BCUT2D eigenvalue weighted by atomic mass is 10.1. The van der Waals surface area contributed by atoms with Crippen LogP contribution in [0.3, 0.4) is 0 Å². The van der Waals surface area contributed by atoms with Crippen LogP contribution in [-0.4, -0.2) is 49.8 Å². The molecule has 1 N–H and O–H groups in total. The maximum absolute atomic E-state index is 5.87. The standard InChI is InChI=1S/C15H30N2O/c1-13(2)7-9-17(14-5-3-4-6-14)12-15-11-16-8-10-18-15/h13-16H,3-12H2,1-2H3. The summed E-state index contributed by atoms with van der Waals surface area (Å²) >= 11 is 0. The average Bonchev–Trinajstić information content (AvgIpc) is 2.89. The van der Waals surface area contributed by atoms with Crippen molar-refractivity contribution in [1.82, 2.24) is 10.2 Å². The maximum atomic E-state index is 5.87. The van der Waals surface area contributed by atoms with Crippen LogP contribution in [-0.2, 0) is 4.74 Å². The molecule has 0 aromatic rings. The monoisotopic (exact) mass is 254 g/mol. The molecular weight excluding hydrogens is 224 g/mol. The number of hydrogen-bond acceptors (Lipinski definition) is 3. The van der Waals surface area contributed by atoms with Crippen LogP contribution in [0.5, 0.6) is 0 Å². The van der Waals surface area contributed by atoms with Crippen LogP contribution in [0.2, 0.25) is 0 Å². The lowest BCUT2D eigenvalue weighted by Crippen LogP contribution is -2.48. The lowest BCUT2D eigenvalue weighted by molar-refractivity contribution is -0.00371. The Morgan fingerprint density at radius 2 is 2.06 bits per heavy atom. The zero-order chi connectivity index (χ0) is 12.8. The SMILES string of the molecule is CC(C)CCN(CC1CNCCO1)C1CCCC1. The largest absolute Gasteiger partial charge is 0.374 e. The quantitative estimate of drug-likeness (QED) is 0.787. The van der Waals surface area contributed by atoms with Crippen molar-refractivity contribution in [2.24, 2.45) is 5.92 Å². The van der Waals surface area contributed by atoms with Crippen molar-refractivity contribution < 1.29 is 4.74 Å². The summed E-state index contributed by atoms with van der Waals surface area (Å²) in [6.45, 7) is 9.97. The second kappa shape index (κ2) is 7.46. The molecule has 106 valence electrons. The molecule has 2 aliphatic rings. The van der Waals surface area contributed by atoms with Gasteiger partial charge < -0.3 is 10.1 Å². The van der Waals surface area contributed by atoms with Crippen LogP contribution in [0.1, 0.15) is 46.0 Å². The van der Waals surface area contributed by atoms with Crippen LogP contribution in [0, 0.1) is 5.92 Å². The first kappa shape index (κ1) is 14.3. The number of rotatable bonds is 6. The summed E-state index contributed by atoms with van der Waals surface area (Å²) in [6, 6.07) is 0.828. The minimum atomic E-state index is 0.409. The van der Waals surface area contributed by atoms with E-state index in [0.29, 0.717) is 6.10 Å². The molecule has 1 saturated carbocycles. The molecular formula is C15H30N2O. The Labute approximate surface area is 112 Å². The van der Waals surface area contributed by atoms with Gasteiger partial charge in [0.25, 0.3) is 0 Å². The van der Waals surface area contributed by atoms with Gasteiger partial charge in [0.1, 0.15) is 0 Å². The summed E-state index contributed by atoms with van der Waals surface area (Å²) in [7, 11) is 0. The highest BCUT2D eigenvalue weighted by atomic mass is 16.5. The highest BCUT2D eigenvalue weighted by Crippen LogP contribution is 2.24. The lowest BCUT2D eigenvalue weighted by Gasteiger charge is -2.34. The number of nitrogens with one attached hydrogen (secondary N) is 1. The molecule has 1 heterocycles. The van der Waals surface area contributed by atoms with Crippen molar-refractivity contribution in [3.05, 3.63) is 0 Å². The predicted octanol–water partition coefficient (Wildman–Crippen LogP) is 2.27. The molecule has 0 amide bonds. The first-order valence-corrected chi connectivity index (χ1v) is 7.82. The van der Waals surface area contributed by atoms with Crippen LogP contribution >= 0.6 is 0 Å². The van der Waals surface area contributed by atoms with Crippen molar-refractivity contribution >= 4 is 0 Å². The molecule has 3 heteroatoms. The Balaban J connectivity index is 1.81. The number of nitrogens with zero attached hydrogens (tertiary/aromatic N) is 1. The molecule has 0 aromatic carbocycles. The van der Waals surface area contributed by atoms with Gasteiger partial charge >= 0.3 is 0 Å². The third kappa shape index (κ3) is 4.52. The van der Waals surface area contributed by atoms with E-state index in [4.69, 9.17) is 4.74 Å². The summed E-state index contributed by atoms with van der Waals surface area (Å²) in [5.74, 6) is 0.805. The van der Waals surface area contributed by atoms with Crippen molar-refractivity contribution in [3.8, 4) is 0 Å². The first-order valence-electron chi connectivity index (χ1n) is 7.82. The van der Waals surface area contributed by atoms with Crippen LogP contribution in [0.15, 0.2) is 0 Å². The van der Waals surface area contributed by atoms with Crippen LogP contribution in [0.4, 0.5) is 0 Å². The van der Waals surface area contributed by atoms with E-state index in [2.05, 4.69) is 24.1 Å². The normalized spacial score (nSPS) is 26.3. The topological polar surface area (TPSA) is 24.5 Å². The fraction of sp³-hybridized carbons (Fsp3) is 1.00. The predicted molar refractivity (Wildman–Crippen MR) is 75.9 cm³/mol. The molecule has 0 aromatic heterocycles. The van der Waals surface area contributed by atoms with E-state index in [-0.39, 0.29) is 0 Å². The van der Waals surface area contributed by atoms with E-state index in [1.165, 1.54) is 38.6 Å². The van der Waals surface area contributed by atoms with Gasteiger partial charge in [-0.05, 0) is 31.7 Å². The highest BCUT2D eigenvalue weighted by Gasteiger charge is 2.25.